The van der Waals surface area contributed by atoms with Crippen LogP contribution in [0.3, 0.4) is 0 Å². The molecule has 27 heavy (non-hydrogen) atoms. The van der Waals surface area contributed by atoms with Crippen molar-refractivity contribution < 1.29 is 18.3 Å². The molecule has 0 spiro atoms. The molecule has 146 valence electrons. The SMILES string of the molecule is C=C(c1c(C)c(C(=O)OC(C)C)cc2cc(Br)cn12)N1CCC(F)(F)CC1. The summed E-state index contributed by atoms with van der Waals surface area (Å²) >= 11 is 3.47. The van der Waals surface area contributed by atoms with Crippen LogP contribution in [0.1, 0.15) is 48.3 Å². The number of alkyl halides is 2. The molecule has 0 N–H and O–H groups in total. The van der Waals surface area contributed by atoms with Gasteiger partial charge in [0.1, 0.15) is 0 Å². The number of piperidine rings is 1. The number of hydrogen-bond donors (Lipinski definition) is 0. The third-order valence-corrected chi connectivity index (χ3v) is 5.26. The van der Waals surface area contributed by atoms with Gasteiger partial charge in [-0.2, -0.15) is 0 Å². The highest BCUT2D eigenvalue weighted by molar-refractivity contribution is 9.10. The molecule has 1 saturated heterocycles. The van der Waals surface area contributed by atoms with Crippen molar-refractivity contribution in [1.29, 1.82) is 0 Å². The van der Waals surface area contributed by atoms with Gasteiger partial charge in [-0.1, -0.05) is 6.58 Å². The highest BCUT2D eigenvalue weighted by atomic mass is 79.9. The maximum Gasteiger partial charge on any atom is 0.338 e. The minimum absolute atomic E-state index is 0.196. The second-order valence-electron chi connectivity index (χ2n) is 7.23. The summed E-state index contributed by atoms with van der Waals surface area (Å²) in [6, 6.07) is 3.68. The number of carbonyl (C=O) groups excluding carboxylic acids is 1. The lowest BCUT2D eigenvalue weighted by molar-refractivity contribution is -0.0450. The molecule has 0 unspecified atom stereocenters. The van der Waals surface area contributed by atoms with Crippen LogP contribution in [0.4, 0.5) is 8.78 Å². The molecule has 0 aliphatic carbocycles. The Morgan fingerprint density at radius 2 is 1.93 bits per heavy atom. The molecular weight excluding hydrogens is 418 g/mol. The van der Waals surface area contributed by atoms with Crippen molar-refractivity contribution in [2.24, 2.45) is 0 Å². The first kappa shape index (κ1) is 19.9. The fraction of sp³-hybridized carbons (Fsp3) is 0.450. The van der Waals surface area contributed by atoms with E-state index in [0.717, 1.165) is 21.2 Å². The fourth-order valence-corrected chi connectivity index (χ4v) is 3.85. The van der Waals surface area contributed by atoms with E-state index in [9.17, 15) is 13.6 Å². The molecule has 0 saturated carbocycles. The number of pyridine rings is 1. The zero-order valence-electron chi connectivity index (χ0n) is 15.7. The summed E-state index contributed by atoms with van der Waals surface area (Å²) < 4.78 is 35.2. The lowest BCUT2D eigenvalue weighted by atomic mass is 10.0. The minimum atomic E-state index is -2.62. The van der Waals surface area contributed by atoms with Crippen LogP contribution in [0.2, 0.25) is 0 Å². The van der Waals surface area contributed by atoms with Crippen LogP contribution >= 0.6 is 15.9 Å². The summed E-state index contributed by atoms with van der Waals surface area (Å²) in [5.41, 5.74) is 3.36. The van der Waals surface area contributed by atoms with Crippen LogP contribution in [-0.4, -0.2) is 40.4 Å². The molecule has 3 heterocycles. The van der Waals surface area contributed by atoms with Crippen molar-refractivity contribution in [1.82, 2.24) is 9.30 Å². The van der Waals surface area contributed by atoms with E-state index < -0.39 is 11.9 Å². The van der Waals surface area contributed by atoms with Crippen molar-refractivity contribution in [3.63, 3.8) is 0 Å². The highest BCUT2D eigenvalue weighted by Gasteiger charge is 2.35. The average molecular weight is 441 g/mol. The lowest BCUT2D eigenvalue weighted by Gasteiger charge is -2.35. The molecule has 2 aromatic rings. The maximum atomic E-state index is 13.5. The Balaban J connectivity index is 2.06. The van der Waals surface area contributed by atoms with Crippen molar-refractivity contribution in [3.8, 4) is 0 Å². The molecule has 0 amide bonds. The normalized spacial score (nSPS) is 16.8. The first-order valence-electron chi connectivity index (χ1n) is 8.93. The van der Waals surface area contributed by atoms with Crippen molar-refractivity contribution in [2.45, 2.75) is 45.6 Å². The molecule has 0 atom stereocenters. The molecule has 2 aromatic heterocycles. The Labute approximate surface area is 165 Å². The zero-order valence-corrected chi connectivity index (χ0v) is 17.3. The Morgan fingerprint density at radius 1 is 1.30 bits per heavy atom. The number of ether oxygens (including phenoxy) is 1. The van der Waals surface area contributed by atoms with Gasteiger partial charge in [-0.3, -0.25) is 0 Å². The summed E-state index contributed by atoms with van der Waals surface area (Å²) in [5, 5.41) is 0. The van der Waals surface area contributed by atoms with E-state index in [-0.39, 0.29) is 32.0 Å². The Kier molecular flexibility index (Phi) is 5.34. The van der Waals surface area contributed by atoms with Gasteiger partial charge in [-0.05, 0) is 54.4 Å². The molecule has 1 aliphatic heterocycles. The molecular formula is C20H23BrF2N2O2. The zero-order chi connectivity index (χ0) is 19.9. The van der Waals surface area contributed by atoms with Gasteiger partial charge in [-0.25, -0.2) is 13.6 Å². The number of likely N-dealkylation sites (tertiary alicyclic amines) is 1. The molecule has 0 bridgehead atoms. The summed E-state index contributed by atoms with van der Waals surface area (Å²) in [5.74, 6) is -3.03. The molecule has 7 heteroatoms. The highest BCUT2D eigenvalue weighted by Crippen LogP contribution is 2.34. The monoisotopic (exact) mass is 440 g/mol. The number of rotatable bonds is 4. The summed E-state index contributed by atoms with van der Waals surface area (Å²) in [6.45, 7) is 10.1. The molecule has 1 fully saturated rings. The Hall–Kier alpha value is -1.89. The van der Waals surface area contributed by atoms with Gasteiger partial charge in [0, 0.05) is 42.1 Å². The van der Waals surface area contributed by atoms with Crippen LogP contribution in [0, 0.1) is 6.92 Å². The molecule has 0 radical (unpaired) electrons. The molecule has 0 aromatic carbocycles. The summed E-state index contributed by atoms with van der Waals surface area (Å²) in [4.78, 5) is 14.4. The van der Waals surface area contributed by atoms with Gasteiger partial charge in [-0.15, -0.1) is 0 Å². The number of halogens is 3. The number of carbonyl (C=O) groups is 1. The van der Waals surface area contributed by atoms with Gasteiger partial charge in [0.25, 0.3) is 5.92 Å². The van der Waals surface area contributed by atoms with Crippen LogP contribution < -0.4 is 0 Å². The van der Waals surface area contributed by atoms with Crippen LogP contribution in [-0.2, 0) is 4.74 Å². The van der Waals surface area contributed by atoms with Crippen LogP contribution in [0.15, 0.2) is 29.4 Å². The predicted octanol–water partition coefficient (Wildman–Crippen LogP) is 5.28. The smallest absolute Gasteiger partial charge is 0.338 e. The van der Waals surface area contributed by atoms with Gasteiger partial charge < -0.3 is 14.0 Å². The first-order valence-corrected chi connectivity index (χ1v) is 9.72. The van der Waals surface area contributed by atoms with E-state index in [1.54, 1.807) is 19.9 Å². The number of aromatic nitrogens is 1. The van der Waals surface area contributed by atoms with Crippen molar-refractivity contribution >= 4 is 33.1 Å². The fourth-order valence-electron chi connectivity index (χ4n) is 3.41. The summed E-state index contributed by atoms with van der Waals surface area (Å²) in [7, 11) is 0. The molecule has 4 nitrogen and oxygen atoms in total. The predicted molar refractivity (Wildman–Crippen MR) is 105 cm³/mol. The van der Waals surface area contributed by atoms with Gasteiger partial charge in [0.05, 0.1) is 23.1 Å². The first-order chi connectivity index (χ1) is 12.6. The third kappa shape index (κ3) is 4.03. The number of nitrogens with zero attached hydrogens (tertiary/aromatic N) is 2. The summed E-state index contributed by atoms with van der Waals surface area (Å²) in [6.07, 6.45) is 1.26. The van der Waals surface area contributed by atoms with Crippen LogP contribution in [0.5, 0.6) is 0 Å². The number of hydrogen-bond acceptors (Lipinski definition) is 3. The average Bonchev–Trinajstić information content (AvgIpc) is 2.92. The number of fused-ring (bicyclic) bond motifs is 1. The largest absolute Gasteiger partial charge is 0.459 e. The number of esters is 1. The van der Waals surface area contributed by atoms with E-state index >= 15 is 0 Å². The van der Waals surface area contributed by atoms with Crippen LogP contribution in [0.25, 0.3) is 11.2 Å². The maximum absolute atomic E-state index is 13.5. The van der Waals surface area contributed by atoms with Crippen molar-refractivity contribution in [3.05, 3.63) is 46.2 Å². The topological polar surface area (TPSA) is 34.0 Å². The van der Waals surface area contributed by atoms with Gasteiger partial charge in [0.2, 0.25) is 0 Å². The minimum Gasteiger partial charge on any atom is -0.459 e. The van der Waals surface area contributed by atoms with E-state index in [1.807, 2.05) is 28.5 Å². The third-order valence-electron chi connectivity index (χ3n) is 4.82. The standard InChI is InChI=1S/C20H23BrF2N2O2/c1-12(2)27-19(26)17-10-16-9-15(21)11-25(16)18(13(17)3)14(4)24-7-5-20(22,23)6-8-24/h9-12H,4-8H2,1-3H3. The van der Waals surface area contributed by atoms with E-state index in [2.05, 4.69) is 22.5 Å². The van der Waals surface area contributed by atoms with E-state index in [0.29, 0.717) is 11.3 Å². The molecule has 1 aliphatic rings. The Bertz CT molecular complexity index is 895. The second kappa shape index (κ2) is 7.26. The van der Waals surface area contributed by atoms with E-state index in [1.165, 1.54) is 0 Å². The van der Waals surface area contributed by atoms with Crippen molar-refractivity contribution in [2.75, 3.05) is 13.1 Å². The molecule has 3 rings (SSSR count). The second-order valence-corrected chi connectivity index (χ2v) is 8.14. The quantitative estimate of drug-likeness (QED) is 0.606. The van der Waals surface area contributed by atoms with Gasteiger partial charge >= 0.3 is 5.97 Å². The lowest BCUT2D eigenvalue weighted by Crippen LogP contribution is -2.38. The Morgan fingerprint density at radius 3 is 2.52 bits per heavy atom. The van der Waals surface area contributed by atoms with Gasteiger partial charge in [0.15, 0.2) is 0 Å². The van der Waals surface area contributed by atoms with E-state index in [4.69, 9.17) is 4.74 Å².